The van der Waals surface area contributed by atoms with Crippen molar-refractivity contribution in [3.63, 3.8) is 0 Å². The highest BCUT2D eigenvalue weighted by molar-refractivity contribution is 5.79. The third-order valence-corrected chi connectivity index (χ3v) is 5.19. The number of nitrogens with one attached hydrogen (secondary N) is 2. The van der Waals surface area contributed by atoms with E-state index in [1.807, 2.05) is 43.3 Å². The van der Waals surface area contributed by atoms with Crippen LogP contribution in [0.25, 0.3) is 10.9 Å². The maximum atomic E-state index is 12.3. The molecular formula is C22H25N3O2. The topological polar surface area (TPSA) is 68.4 Å². The number of aromatic nitrogens is 1. The van der Waals surface area contributed by atoms with Gasteiger partial charge in [0.15, 0.2) is 0 Å². The summed E-state index contributed by atoms with van der Waals surface area (Å²) in [5, 5.41) is 14.2. The first-order chi connectivity index (χ1) is 13.1. The first-order valence-corrected chi connectivity index (χ1v) is 9.48. The van der Waals surface area contributed by atoms with Crippen LogP contribution in [0.5, 0.6) is 0 Å². The van der Waals surface area contributed by atoms with Crippen molar-refractivity contribution < 1.29 is 5.11 Å². The Hall–Kier alpha value is -2.79. The highest BCUT2D eigenvalue weighted by atomic mass is 16.3. The Morgan fingerprint density at radius 3 is 2.78 bits per heavy atom. The number of β-amino-alcohol motifs (C(OH)–C–C–N with tert-alkyl or cyclic N) is 1. The molecule has 1 atom stereocenters. The molecule has 0 aliphatic carbocycles. The number of anilines is 2. The molecule has 0 bridgehead atoms. The lowest BCUT2D eigenvalue weighted by Gasteiger charge is -2.32. The SMILES string of the molecule is Cc1ccc2cc(CNc3ccc(N4CCC[C@H](O)C4)cc3)c(=O)[nH]c2c1. The minimum atomic E-state index is -0.236. The number of nitrogens with zero attached hydrogens (tertiary/aromatic N) is 1. The first-order valence-electron chi connectivity index (χ1n) is 9.48. The van der Waals surface area contributed by atoms with Crippen LogP contribution in [-0.4, -0.2) is 29.3 Å². The van der Waals surface area contributed by atoms with Gasteiger partial charge < -0.3 is 20.3 Å². The molecule has 27 heavy (non-hydrogen) atoms. The minimum Gasteiger partial charge on any atom is -0.391 e. The normalized spacial score (nSPS) is 17.3. The van der Waals surface area contributed by atoms with Crippen LogP contribution in [-0.2, 0) is 6.54 Å². The number of rotatable bonds is 4. The predicted octanol–water partition coefficient (Wildman–Crippen LogP) is 3.41. The number of aliphatic hydroxyl groups is 1. The molecule has 4 rings (SSSR count). The van der Waals surface area contributed by atoms with E-state index >= 15 is 0 Å². The van der Waals surface area contributed by atoms with Crippen LogP contribution in [0.4, 0.5) is 11.4 Å². The number of piperidine rings is 1. The number of aromatic amines is 1. The molecule has 1 fully saturated rings. The Bertz CT molecular complexity index is 995. The summed E-state index contributed by atoms with van der Waals surface area (Å²) in [5.41, 5.74) is 4.76. The van der Waals surface area contributed by atoms with Gasteiger partial charge in [-0.3, -0.25) is 4.79 Å². The minimum absolute atomic E-state index is 0.0560. The zero-order valence-corrected chi connectivity index (χ0v) is 15.5. The summed E-state index contributed by atoms with van der Waals surface area (Å²) in [6.07, 6.45) is 1.67. The number of aliphatic hydroxyl groups excluding tert-OH is 1. The van der Waals surface area contributed by atoms with Crippen molar-refractivity contribution in [1.82, 2.24) is 4.98 Å². The van der Waals surface area contributed by atoms with Gasteiger partial charge in [-0.2, -0.15) is 0 Å². The van der Waals surface area contributed by atoms with Gasteiger partial charge in [0, 0.05) is 42.1 Å². The number of pyridine rings is 1. The summed E-state index contributed by atoms with van der Waals surface area (Å²) in [5.74, 6) is 0. The van der Waals surface area contributed by atoms with Crippen LogP contribution in [0, 0.1) is 6.92 Å². The van der Waals surface area contributed by atoms with Crippen LogP contribution in [0.15, 0.2) is 53.3 Å². The molecule has 2 heterocycles. The molecule has 1 saturated heterocycles. The zero-order chi connectivity index (χ0) is 18.8. The fraction of sp³-hybridized carbons (Fsp3) is 0.318. The monoisotopic (exact) mass is 363 g/mol. The van der Waals surface area contributed by atoms with Gasteiger partial charge in [0.25, 0.3) is 5.56 Å². The van der Waals surface area contributed by atoms with Gasteiger partial charge in [-0.25, -0.2) is 0 Å². The molecule has 3 aromatic rings. The summed E-state index contributed by atoms with van der Waals surface area (Å²) in [4.78, 5) is 17.5. The smallest absolute Gasteiger partial charge is 0.253 e. The standard InChI is InChI=1S/C22H25N3O2/c1-15-4-5-16-12-17(22(27)24-21(16)11-15)13-23-18-6-8-19(9-7-18)25-10-2-3-20(26)14-25/h4-9,11-12,20,23,26H,2-3,10,13-14H2,1H3,(H,24,27)/t20-/m0/s1. The molecule has 0 radical (unpaired) electrons. The maximum absolute atomic E-state index is 12.3. The molecule has 0 saturated carbocycles. The van der Waals surface area contributed by atoms with E-state index in [9.17, 15) is 9.90 Å². The summed E-state index contributed by atoms with van der Waals surface area (Å²) in [6, 6.07) is 16.2. The largest absolute Gasteiger partial charge is 0.391 e. The average Bonchev–Trinajstić information content (AvgIpc) is 2.67. The summed E-state index contributed by atoms with van der Waals surface area (Å²) < 4.78 is 0. The first kappa shape index (κ1) is 17.6. The van der Waals surface area contributed by atoms with Crippen molar-refractivity contribution in [3.8, 4) is 0 Å². The third kappa shape index (κ3) is 3.98. The van der Waals surface area contributed by atoms with Crippen LogP contribution in [0.1, 0.15) is 24.0 Å². The number of H-pyrrole nitrogens is 1. The van der Waals surface area contributed by atoms with Gasteiger partial charge in [0.2, 0.25) is 0 Å². The Balaban J connectivity index is 1.45. The Morgan fingerprint density at radius 2 is 2.00 bits per heavy atom. The predicted molar refractivity (Wildman–Crippen MR) is 111 cm³/mol. The van der Waals surface area contributed by atoms with E-state index in [0.29, 0.717) is 13.1 Å². The molecule has 0 unspecified atom stereocenters. The maximum Gasteiger partial charge on any atom is 0.253 e. The molecule has 1 aliphatic heterocycles. The van der Waals surface area contributed by atoms with Crippen molar-refractivity contribution in [2.24, 2.45) is 0 Å². The van der Waals surface area contributed by atoms with Crippen LogP contribution >= 0.6 is 0 Å². The van der Waals surface area contributed by atoms with Gasteiger partial charge >= 0.3 is 0 Å². The fourth-order valence-corrected chi connectivity index (χ4v) is 3.67. The van der Waals surface area contributed by atoms with Crippen LogP contribution < -0.4 is 15.8 Å². The molecule has 5 heteroatoms. The lowest BCUT2D eigenvalue weighted by molar-refractivity contribution is 0.154. The van der Waals surface area contributed by atoms with Gasteiger partial charge in [0.1, 0.15) is 0 Å². The summed E-state index contributed by atoms with van der Waals surface area (Å²) in [7, 11) is 0. The molecule has 1 aliphatic rings. The number of hydrogen-bond donors (Lipinski definition) is 3. The molecular weight excluding hydrogens is 338 g/mol. The lowest BCUT2D eigenvalue weighted by Crippen LogP contribution is -2.38. The van der Waals surface area contributed by atoms with E-state index in [1.165, 1.54) is 0 Å². The van der Waals surface area contributed by atoms with Gasteiger partial charge in [-0.15, -0.1) is 0 Å². The molecule has 5 nitrogen and oxygen atoms in total. The number of benzene rings is 2. The van der Waals surface area contributed by atoms with Gasteiger partial charge in [-0.1, -0.05) is 12.1 Å². The van der Waals surface area contributed by atoms with Crippen molar-refractivity contribution in [2.45, 2.75) is 32.4 Å². The molecule has 2 aromatic carbocycles. The fourth-order valence-electron chi connectivity index (χ4n) is 3.67. The van der Waals surface area contributed by atoms with E-state index in [2.05, 4.69) is 27.3 Å². The summed E-state index contributed by atoms with van der Waals surface area (Å²) in [6.45, 7) is 4.16. The second-order valence-corrected chi connectivity index (χ2v) is 7.36. The molecule has 140 valence electrons. The Kier molecular flexibility index (Phi) is 4.86. The zero-order valence-electron chi connectivity index (χ0n) is 15.5. The van der Waals surface area contributed by atoms with E-state index in [4.69, 9.17) is 0 Å². The number of fused-ring (bicyclic) bond motifs is 1. The van der Waals surface area contributed by atoms with Gasteiger partial charge in [-0.05, 0) is 67.1 Å². The van der Waals surface area contributed by atoms with Crippen molar-refractivity contribution in [2.75, 3.05) is 23.3 Å². The van der Waals surface area contributed by atoms with Crippen LogP contribution in [0.3, 0.4) is 0 Å². The quantitative estimate of drug-likeness (QED) is 0.664. The highest BCUT2D eigenvalue weighted by Gasteiger charge is 2.17. The van der Waals surface area contributed by atoms with Gasteiger partial charge in [0.05, 0.1) is 6.10 Å². The second-order valence-electron chi connectivity index (χ2n) is 7.36. The Labute approximate surface area is 158 Å². The van der Waals surface area contributed by atoms with E-state index in [1.54, 1.807) is 0 Å². The molecule has 0 amide bonds. The highest BCUT2D eigenvalue weighted by Crippen LogP contribution is 2.22. The van der Waals surface area contributed by atoms with Crippen molar-refractivity contribution in [3.05, 3.63) is 70.0 Å². The third-order valence-electron chi connectivity index (χ3n) is 5.19. The summed E-state index contributed by atoms with van der Waals surface area (Å²) >= 11 is 0. The van der Waals surface area contributed by atoms with Crippen molar-refractivity contribution in [1.29, 1.82) is 0 Å². The molecule has 0 spiro atoms. The number of hydrogen-bond acceptors (Lipinski definition) is 4. The van der Waals surface area contributed by atoms with E-state index < -0.39 is 0 Å². The number of aryl methyl sites for hydroxylation is 1. The average molecular weight is 363 g/mol. The molecule has 1 aromatic heterocycles. The van der Waals surface area contributed by atoms with E-state index in [-0.39, 0.29) is 11.7 Å². The second kappa shape index (κ2) is 7.45. The molecule has 3 N–H and O–H groups in total. The lowest BCUT2D eigenvalue weighted by atomic mass is 10.1. The van der Waals surface area contributed by atoms with E-state index in [0.717, 1.165) is 52.8 Å². The van der Waals surface area contributed by atoms with Crippen LogP contribution in [0.2, 0.25) is 0 Å². The van der Waals surface area contributed by atoms with Crippen molar-refractivity contribution >= 4 is 22.3 Å². The Morgan fingerprint density at radius 1 is 1.19 bits per heavy atom.